The molecule has 1 unspecified atom stereocenters. The molecule has 24 heavy (non-hydrogen) atoms. The maximum atomic E-state index is 13.9. The molecule has 2 N–H and O–H groups in total. The summed E-state index contributed by atoms with van der Waals surface area (Å²) in [7, 11) is 0. The van der Waals surface area contributed by atoms with Gasteiger partial charge in [0.25, 0.3) is 0 Å². The van der Waals surface area contributed by atoms with Gasteiger partial charge >= 0.3 is 0 Å². The number of aliphatic hydroxyl groups excluding tert-OH is 1. The van der Waals surface area contributed by atoms with Gasteiger partial charge in [0.15, 0.2) is 0 Å². The van der Waals surface area contributed by atoms with Crippen LogP contribution in [-0.4, -0.2) is 16.7 Å². The molecule has 0 radical (unpaired) electrons. The SMILES string of the molecule is OCC1(NCc2ccc(F)c3cccnc23)CCc2ccccc21. The van der Waals surface area contributed by atoms with Crippen molar-refractivity contribution < 1.29 is 9.50 Å². The second-order valence-electron chi connectivity index (χ2n) is 6.36. The van der Waals surface area contributed by atoms with Gasteiger partial charge in [-0.3, -0.25) is 4.98 Å². The number of hydrogen-bond acceptors (Lipinski definition) is 3. The van der Waals surface area contributed by atoms with Gasteiger partial charge in [-0.2, -0.15) is 0 Å². The zero-order valence-electron chi connectivity index (χ0n) is 13.3. The van der Waals surface area contributed by atoms with E-state index in [0.717, 1.165) is 24.0 Å². The first kappa shape index (κ1) is 15.2. The number of hydrogen-bond donors (Lipinski definition) is 2. The molecule has 3 nitrogen and oxygen atoms in total. The summed E-state index contributed by atoms with van der Waals surface area (Å²) in [4.78, 5) is 4.34. The van der Waals surface area contributed by atoms with Crippen molar-refractivity contribution in [3.8, 4) is 0 Å². The van der Waals surface area contributed by atoms with E-state index in [2.05, 4.69) is 22.4 Å². The van der Waals surface area contributed by atoms with E-state index in [9.17, 15) is 9.50 Å². The van der Waals surface area contributed by atoms with Crippen molar-refractivity contribution in [2.24, 2.45) is 0 Å². The smallest absolute Gasteiger partial charge is 0.132 e. The Morgan fingerprint density at radius 1 is 1.12 bits per heavy atom. The summed E-state index contributed by atoms with van der Waals surface area (Å²) >= 11 is 0. The summed E-state index contributed by atoms with van der Waals surface area (Å²) in [5.74, 6) is -0.259. The molecule has 0 aliphatic heterocycles. The number of halogens is 1. The van der Waals surface area contributed by atoms with Crippen LogP contribution < -0.4 is 5.32 Å². The highest BCUT2D eigenvalue weighted by Gasteiger charge is 2.37. The van der Waals surface area contributed by atoms with E-state index in [1.807, 2.05) is 12.1 Å². The lowest BCUT2D eigenvalue weighted by Gasteiger charge is -2.30. The zero-order chi connectivity index (χ0) is 16.6. The van der Waals surface area contributed by atoms with Gasteiger partial charge in [0.2, 0.25) is 0 Å². The van der Waals surface area contributed by atoms with E-state index in [1.165, 1.54) is 11.6 Å². The minimum absolute atomic E-state index is 0.0383. The van der Waals surface area contributed by atoms with Crippen LogP contribution >= 0.6 is 0 Å². The highest BCUT2D eigenvalue weighted by molar-refractivity contribution is 5.82. The molecule has 3 aromatic rings. The normalized spacial score (nSPS) is 19.6. The highest BCUT2D eigenvalue weighted by Crippen LogP contribution is 2.37. The fourth-order valence-corrected chi connectivity index (χ4v) is 3.70. The molecule has 0 fully saturated rings. The monoisotopic (exact) mass is 322 g/mol. The van der Waals surface area contributed by atoms with Crippen LogP contribution in [0.3, 0.4) is 0 Å². The third-order valence-corrected chi connectivity index (χ3v) is 5.04. The standard InChI is InChI=1S/C20H19FN2O/c21-18-8-7-15(19-16(18)5-3-11-22-19)12-23-20(13-24)10-9-14-4-1-2-6-17(14)20/h1-8,11,23-24H,9-10,12-13H2. The van der Waals surface area contributed by atoms with Crippen molar-refractivity contribution in [2.75, 3.05) is 6.61 Å². The summed E-state index contributed by atoms with van der Waals surface area (Å²) < 4.78 is 13.9. The highest BCUT2D eigenvalue weighted by atomic mass is 19.1. The second kappa shape index (κ2) is 5.96. The first-order chi connectivity index (χ1) is 11.7. The fraction of sp³-hybridized carbons (Fsp3) is 0.250. The Kier molecular flexibility index (Phi) is 3.79. The summed E-state index contributed by atoms with van der Waals surface area (Å²) in [6.45, 7) is 0.569. The topological polar surface area (TPSA) is 45.1 Å². The van der Waals surface area contributed by atoms with Crippen molar-refractivity contribution in [2.45, 2.75) is 24.9 Å². The first-order valence-corrected chi connectivity index (χ1v) is 8.20. The van der Waals surface area contributed by atoms with Gasteiger partial charge in [-0.25, -0.2) is 4.39 Å². The van der Waals surface area contributed by atoms with Crippen molar-refractivity contribution in [1.82, 2.24) is 10.3 Å². The average molecular weight is 322 g/mol. The van der Waals surface area contributed by atoms with Gasteiger partial charge < -0.3 is 10.4 Å². The van der Waals surface area contributed by atoms with Gasteiger partial charge in [-0.15, -0.1) is 0 Å². The third-order valence-electron chi connectivity index (χ3n) is 5.04. The van der Waals surface area contributed by atoms with Crippen LogP contribution in [0.5, 0.6) is 0 Å². The Morgan fingerprint density at radius 3 is 2.88 bits per heavy atom. The van der Waals surface area contributed by atoms with Gasteiger partial charge in [-0.05, 0) is 47.7 Å². The number of benzene rings is 2. The molecule has 122 valence electrons. The summed E-state index contributed by atoms with van der Waals surface area (Å²) in [5.41, 5.74) is 3.60. The van der Waals surface area contributed by atoms with Gasteiger partial charge in [0, 0.05) is 18.1 Å². The molecule has 1 aliphatic rings. The van der Waals surface area contributed by atoms with E-state index in [4.69, 9.17) is 0 Å². The second-order valence-corrected chi connectivity index (χ2v) is 6.36. The molecule has 0 bridgehead atoms. The molecule has 1 heterocycles. The Labute approximate surface area is 140 Å². The molecule has 2 aromatic carbocycles. The Balaban J connectivity index is 1.67. The summed E-state index contributed by atoms with van der Waals surface area (Å²) in [6.07, 6.45) is 3.49. The molecule has 0 spiro atoms. The van der Waals surface area contributed by atoms with Gasteiger partial charge in [0.05, 0.1) is 17.7 Å². The lowest BCUT2D eigenvalue weighted by Crippen LogP contribution is -2.43. The zero-order valence-corrected chi connectivity index (χ0v) is 13.3. The summed E-state index contributed by atoms with van der Waals surface area (Å²) in [5, 5.41) is 14.1. The Hall–Kier alpha value is -2.30. The van der Waals surface area contributed by atoms with Crippen LogP contribution in [0.25, 0.3) is 10.9 Å². The van der Waals surface area contributed by atoms with Crippen LogP contribution in [0.4, 0.5) is 4.39 Å². The fourth-order valence-electron chi connectivity index (χ4n) is 3.70. The average Bonchev–Trinajstić information content (AvgIpc) is 3.01. The predicted octanol–water partition coefficient (Wildman–Crippen LogP) is 3.30. The van der Waals surface area contributed by atoms with Gasteiger partial charge in [-0.1, -0.05) is 30.3 Å². The van der Waals surface area contributed by atoms with Gasteiger partial charge in [0.1, 0.15) is 5.82 Å². The molecule has 4 heteroatoms. The molecule has 1 atom stereocenters. The number of fused-ring (bicyclic) bond motifs is 2. The van der Waals surface area contributed by atoms with E-state index in [1.54, 1.807) is 24.4 Å². The molecule has 0 saturated carbocycles. The number of aryl methyl sites for hydroxylation is 1. The Bertz CT molecular complexity index is 896. The lowest BCUT2D eigenvalue weighted by molar-refractivity contribution is 0.159. The van der Waals surface area contributed by atoms with Crippen molar-refractivity contribution >= 4 is 10.9 Å². The van der Waals surface area contributed by atoms with Crippen LogP contribution in [0, 0.1) is 5.82 Å². The van der Waals surface area contributed by atoms with E-state index in [0.29, 0.717) is 17.4 Å². The predicted molar refractivity (Wildman–Crippen MR) is 92.1 cm³/mol. The molecule has 1 aromatic heterocycles. The number of pyridine rings is 1. The molecule has 0 amide bonds. The molecule has 4 rings (SSSR count). The first-order valence-electron chi connectivity index (χ1n) is 8.20. The molecular weight excluding hydrogens is 303 g/mol. The third kappa shape index (κ3) is 2.39. The number of aromatic nitrogens is 1. The Morgan fingerprint density at radius 2 is 2.00 bits per heavy atom. The molecule has 1 aliphatic carbocycles. The van der Waals surface area contributed by atoms with Crippen LogP contribution in [-0.2, 0) is 18.5 Å². The lowest BCUT2D eigenvalue weighted by atomic mass is 9.92. The number of aliphatic hydroxyl groups is 1. The quantitative estimate of drug-likeness (QED) is 0.775. The van der Waals surface area contributed by atoms with Crippen molar-refractivity contribution in [1.29, 1.82) is 0 Å². The molecule has 0 saturated heterocycles. The van der Waals surface area contributed by atoms with Crippen LogP contribution in [0.1, 0.15) is 23.1 Å². The maximum Gasteiger partial charge on any atom is 0.132 e. The maximum absolute atomic E-state index is 13.9. The minimum Gasteiger partial charge on any atom is -0.394 e. The van der Waals surface area contributed by atoms with E-state index >= 15 is 0 Å². The number of rotatable bonds is 4. The number of nitrogens with one attached hydrogen (secondary N) is 1. The van der Waals surface area contributed by atoms with Crippen molar-refractivity contribution in [3.63, 3.8) is 0 Å². The minimum atomic E-state index is -0.438. The van der Waals surface area contributed by atoms with E-state index < -0.39 is 5.54 Å². The van der Waals surface area contributed by atoms with Crippen LogP contribution in [0.15, 0.2) is 54.7 Å². The largest absolute Gasteiger partial charge is 0.394 e. The molecular formula is C20H19FN2O. The van der Waals surface area contributed by atoms with Crippen LogP contribution in [0.2, 0.25) is 0 Å². The van der Waals surface area contributed by atoms with E-state index in [-0.39, 0.29) is 12.4 Å². The summed E-state index contributed by atoms with van der Waals surface area (Å²) in [6, 6.07) is 15.0. The number of nitrogens with zero attached hydrogens (tertiary/aromatic N) is 1. The van der Waals surface area contributed by atoms with Crippen molar-refractivity contribution in [3.05, 3.63) is 77.2 Å².